The van der Waals surface area contributed by atoms with E-state index in [9.17, 15) is 19.2 Å². The van der Waals surface area contributed by atoms with E-state index >= 15 is 0 Å². The summed E-state index contributed by atoms with van der Waals surface area (Å²) in [6, 6.07) is 5.70. The average molecular weight is 378 g/mol. The van der Waals surface area contributed by atoms with Gasteiger partial charge in [0.05, 0.1) is 11.8 Å². The molecule has 1 aliphatic heterocycles. The quantitative estimate of drug-likeness (QED) is 0.495. The van der Waals surface area contributed by atoms with Gasteiger partial charge in [0.15, 0.2) is 5.78 Å². The molecule has 7 atom stereocenters. The maximum absolute atomic E-state index is 13.1. The summed E-state index contributed by atoms with van der Waals surface area (Å²) < 4.78 is 0. The lowest BCUT2D eigenvalue weighted by Gasteiger charge is -2.37. The highest BCUT2D eigenvalue weighted by Crippen LogP contribution is 2.65. The van der Waals surface area contributed by atoms with Gasteiger partial charge in [0.25, 0.3) is 0 Å². The molecule has 2 saturated carbocycles. The van der Waals surface area contributed by atoms with Crippen molar-refractivity contribution in [1.82, 2.24) is 4.90 Å². The molecule has 1 aromatic rings. The van der Waals surface area contributed by atoms with E-state index in [0.717, 1.165) is 6.42 Å². The average Bonchev–Trinajstić information content (AvgIpc) is 3.45. The van der Waals surface area contributed by atoms with Gasteiger partial charge in [0.1, 0.15) is 6.04 Å². The van der Waals surface area contributed by atoms with Gasteiger partial charge in [0, 0.05) is 11.3 Å². The van der Waals surface area contributed by atoms with E-state index in [4.69, 9.17) is 0 Å². The van der Waals surface area contributed by atoms with Crippen LogP contribution in [-0.4, -0.2) is 34.4 Å². The van der Waals surface area contributed by atoms with Crippen molar-refractivity contribution in [3.63, 3.8) is 0 Å². The first-order valence-corrected chi connectivity index (χ1v) is 9.85. The van der Waals surface area contributed by atoms with Crippen LogP contribution in [0.4, 0.5) is 5.69 Å². The van der Waals surface area contributed by atoms with E-state index < -0.39 is 11.9 Å². The molecule has 0 aromatic heterocycles. The Morgan fingerprint density at radius 3 is 2.04 bits per heavy atom. The van der Waals surface area contributed by atoms with Crippen molar-refractivity contribution in [2.75, 3.05) is 5.32 Å². The summed E-state index contributed by atoms with van der Waals surface area (Å²) >= 11 is 0. The molecule has 6 heteroatoms. The highest BCUT2D eigenvalue weighted by molar-refractivity contribution is 6.10. The van der Waals surface area contributed by atoms with Crippen LogP contribution in [0.25, 0.3) is 0 Å². The van der Waals surface area contributed by atoms with E-state index in [1.54, 1.807) is 31.2 Å². The molecule has 2 bridgehead atoms. The minimum Gasteiger partial charge on any atom is -0.324 e. The van der Waals surface area contributed by atoms with Crippen molar-refractivity contribution in [1.29, 1.82) is 0 Å². The molecule has 1 heterocycles. The second-order valence-electron chi connectivity index (χ2n) is 8.50. The highest BCUT2D eigenvalue weighted by atomic mass is 16.2. The molecule has 6 nitrogen and oxygen atoms in total. The third-order valence-corrected chi connectivity index (χ3v) is 7.02. The van der Waals surface area contributed by atoms with Crippen LogP contribution in [0.2, 0.25) is 0 Å². The molecule has 6 rings (SSSR count). The Morgan fingerprint density at radius 2 is 1.54 bits per heavy atom. The summed E-state index contributed by atoms with van der Waals surface area (Å²) in [5.74, 6) is -0.0681. The zero-order valence-electron chi connectivity index (χ0n) is 15.8. The summed E-state index contributed by atoms with van der Waals surface area (Å²) in [4.78, 5) is 51.4. The van der Waals surface area contributed by atoms with Crippen molar-refractivity contribution in [3.05, 3.63) is 42.0 Å². The van der Waals surface area contributed by atoms with E-state index in [2.05, 4.69) is 17.5 Å². The third kappa shape index (κ3) is 2.33. The molecular formula is C22H22N2O4. The number of Topliss-reactive ketones (excluding diaryl/α,β-unsaturated/α-hetero) is 1. The number of rotatable bonds is 4. The number of allylic oxidation sites excluding steroid dienone is 2. The van der Waals surface area contributed by atoms with Crippen LogP contribution in [0.15, 0.2) is 36.4 Å². The Bertz CT molecular complexity index is 898. The smallest absolute Gasteiger partial charge is 0.247 e. The number of benzene rings is 1. The largest absolute Gasteiger partial charge is 0.324 e. The van der Waals surface area contributed by atoms with Crippen LogP contribution in [0, 0.1) is 35.5 Å². The van der Waals surface area contributed by atoms with E-state index in [0.29, 0.717) is 23.1 Å². The van der Waals surface area contributed by atoms with Crippen LogP contribution in [0.5, 0.6) is 0 Å². The molecule has 5 aliphatic rings. The second kappa shape index (κ2) is 5.87. The van der Waals surface area contributed by atoms with Gasteiger partial charge in [-0.2, -0.15) is 0 Å². The molecule has 3 fully saturated rings. The Hall–Kier alpha value is -2.76. The first-order valence-electron chi connectivity index (χ1n) is 9.85. The van der Waals surface area contributed by atoms with E-state index in [1.807, 2.05) is 0 Å². The number of ketones is 1. The van der Waals surface area contributed by atoms with Gasteiger partial charge in [-0.3, -0.25) is 24.1 Å². The van der Waals surface area contributed by atoms with Crippen LogP contribution >= 0.6 is 0 Å². The first kappa shape index (κ1) is 17.3. The van der Waals surface area contributed by atoms with Gasteiger partial charge >= 0.3 is 0 Å². The molecule has 1 aromatic carbocycles. The van der Waals surface area contributed by atoms with Crippen molar-refractivity contribution in [2.24, 2.45) is 35.5 Å². The van der Waals surface area contributed by atoms with Crippen molar-refractivity contribution in [2.45, 2.75) is 26.3 Å². The Labute approximate surface area is 163 Å². The fourth-order valence-corrected chi connectivity index (χ4v) is 5.51. The Balaban J connectivity index is 1.33. The summed E-state index contributed by atoms with van der Waals surface area (Å²) in [6.45, 7) is 3.08. The number of nitrogens with zero attached hydrogens (tertiary/aromatic N) is 1. The zero-order chi connectivity index (χ0) is 19.7. The first-order chi connectivity index (χ1) is 13.4. The fraction of sp³-hybridized carbons (Fsp3) is 0.455. The maximum Gasteiger partial charge on any atom is 0.247 e. The van der Waals surface area contributed by atoms with Crippen LogP contribution < -0.4 is 5.32 Å². The van der Waals surface area contributed by atoms with Crippen molar-refractivity contribution in [3.8, 4) is 0 Å². The van der Waals surface area contributed by atoms with Gasteiger partial charge < -0.3 is 5.32 Å². The zero-order valence-corrected chi connectivity index (χ0v) is 15.8. The molecule has 4 aliphatic carbocycles. The van der Waals surface area contributed by atoms with Crippen molar-refractivity contribution >= 4 is 29.2 Å². The van der Waals surface area contributed by atoms with Gasteiger partial charge in [-0.05, 0) is 68.2 Å². The topological polar surface area (TPSA) is 83.6 Å². The summed E-state index contributed by atoms with van der Waals surface area (Å²) in [5, 5.41) is 2.75. The molecule has 0 radical (unpaired) electrons. The lowest BCUT2D eigenvalue weighted by atomic mass is 9.63. The van der Waals surface area contributed by atoms with E-state index in [-0.39, 0.29) is 41.3 Å². The maximum atomic E-state index is 13.1. The van der Waals surface area contributed by atoms with Gasteiger partial charge in [-0.15, -0.1) is 0 Å². The number of carbonyl (C=O) groups is 4. The molecule has 3 amide bonds. The normalized spacial score (nSPS) is 35.4. The van der Waals surface area contributed by atoms with Crippen LogP contribution in [0.3, 0.4) is 0 Å². The Kier molecular flexibility index (Phi) is 3.63. The van der Waals surface area contributed by atoms with Gasteiger partial charge in [-0.1, -0.05) is 12.2 Å². The minimum atomic E-state index is -0.867. The fourth-order valence-electron chi connectivity index (χ4n) is 5.51. The molecular weight excluding hydrogens is 356 g/mol. The highest BCUT2D eigenvalue weighted by Gasteiger charge is 2.67. The molecule has 1 saturated heterocycles. The van der Waals surface area contributed by atoms with Gasteiger partial charge in [-0.25, -0.2) is 0 Å². The molecule has 0 spiro atoms. The number of anilines is 1. The Morgan fingerprint density at radius 1 is 1.00 bits per heavy atom. The monoisotopic (exact) mass is 378 g/mol. The number of carbonyl (C=O) groups excluding carboxylic acids is 4. The summed E-state index contributed by atoms with van der Waals surface area (Å²) in [6.07, 6.45) is 5.36. The number of nitrogens with one attached hydrogen (secondary N) is 1. The molecule has 0 unspecified atom stereocenters. The third-order valence-electron chi connectivity index (χ3n) is 7.02. The molecule has 144 valence electrons. The number of hydrogen-bond donors (Lipinski definition) is 1. The number of hydrogen-bond acceptors (Lipinski definition) is 4. The lowest BCUT2D eigenvalue weighted by molar-refractivity contribution is -0.146. The number of likely N-dealkylation sites (tertiary alicyclic amines) is 1. The van der Waals surface area contributed by atoms with E-state index in [1.165, 1.54) is 11.8 Å². The summed E-state index contributed by atoms with van der Waals surface area (Å²) in [5.41, 5.74) is 1.09. The van der Waals surface area contributed by atoms with Crippen LogP contribution in [0.1, 0.15) is 30.6 Å². The standard InChI is InChI=1S/C22H22N2O4/c1-10(20(26)23-13-5-3-12(4-6-13)11(2)25)24-21(27)18-14-7-8-15(17-9-16(14)17)19(18)22(24)28/h3-8,10,14-19H,9H2,1-2H3,(H,23,26)/t10-,14-,15-,16-,17+,18-,19+/m0/s1. The summed E-state index contributed by atoms with van der Waals surface area (Å²) in [7, 11) is 0. The van der Waals surface area contributed by atoms with Crippen molar-refractivity contribution < 1.29 is 19.2 Å². The number of imide groups is 1. The molecule has 28 heavy (non-hydrogen) atoms. The van der Waals surface area contributed by atoms with Gasteiger partial charge in [0.2, 0.25) is 17.7 Å². The lowest BCUT2D eigenvalue weighted by Crippen LogP contribution is -2.46. The SMILES string of the molecule is CC(=O)c1ccc(NC(=O)[C@H](C)N2C(=O)[C@@H]3[C@H]4C=C[C@@H]([C@@H]5C[C@H]45)[C@@H]3C2=O)cc1. The predicted molar refractivity (Wildman–Crippen MR) is 101 cm³/mol. The molecule has 1 N–H and O–H groups in total. The number of amides is 3. The second-order valence-corrected chi connectivity index (χ2v) is 8.50. The minimum absolute atomic E-state index is 0.0524. The van der Waals surface area contributed by atoms with Crippen LogP contribution in [-0.2, 0) is 14.4 Å². The predicted octanol–water partition coefficient (Wildman–Crippen LogP) is 2.27.